The number of unbranched alkanes of at least 4 members (excludes halogenated alkanes) is 2. The van der Waals surface area contributed by atoms with Gasteiger partial charge in [-0.25, -0.2) is 9.97 Å². The topological polar surface area (TPSA) is 358 Å². The second kappa shape index (κ2) is 25.6. The van der Waals surface area contributed by atoms with Crippen molar-refractivity contribution >= 4 is 35.6 Å². The van der Waals surface area contributed by atoms with E-state index in [1.54, 1.807) is 0 Å². The number of nitrogens with two attached hydrogens (primary N) is 4. The van der Waals surface area contributed by atoms with E-state index in [1.807, 2.05) is 0 Å². The van der Waals surface area contributed by atoms with E-state index in [0.29, 0.717) is 50.2 Å². The fourth-order valence-electron chi connectivity index (χ4n) is 4.19. The maximum Gasteiger partial charge on any atom is 2.00 e. The Labute approximate surface area is 293 Å². The Balaban J connectivity index is 0.000000922. The summed E-state index contributed by atoms with van der Waals surface area (Å²) < 4.78 is 0. The zero-order chi connectivity index (χ0) is 35.9. The molecular formula is C28H46CuN12O8. The second-order valence-electron chi connectivity index (χ2n) is 10.5. The molecule has 0 aromatic carbocycles. The van der Waals surface area contributed by atoms with Gasteiger partial charge in [-0.05, 0) is 51.6 Å². The van der Waals surface area contributed by atoms with Crippen LogP contribution in [0.25, 0.3) is 0 Å². The number of nitrogens with one attached hydrogen (secondary N) is 6. The van der Waals surface area contributed by atoms with Gasteiger partial charge in [0.25, 0.3) is 0 Å². The fraction of sp³-hybridized carbons (Fsp3) is 0.571. The van der Waals surface area contributed by atoms with E-state index in [9.17, 15) is 39.0 Å². The van der Waals surface area contributed by atoms with Crippen molar-refractivity contribution in [2.45, 2.75) is 75.5 Å². The number of carboxylic acid groups (broad SMARTS) is 2. The Kier molecular flexibility index (Phi) is 23.3. The van der Waals surface area contributed by atoms with E-state index in [1.165, 1.54) is 25.0 Å². The monoisotopic (exact) mass is 741 g/mol. The summed E-state index contributed by atoms with van der Waals surface area (Å²) in [6, 6.07) is -4.25. The molecule has 0 aliphatic rings. The molecular weight excluding hydrogens is 696 g/mol. The number of imidazole rings is 2. The molecule has 4 amide bonds. The number of aromatic nitrogens is 4. The third-order valence-corrected chi connectivity index (χ3v) is 6.73. The number of nitrogens with zero attached hydrogens (tertiary/aromatic N) is 2. The zero-order valence-electron chi connectivity index (χ0n) is 26.9. The predicted molar refractivity (Wildman–Crippen MR) is 166 cm³/mol. The molecule has 2 aromatic rings. The van der Waals surface area contributed by atoms with Crippen molar-refractivity contribution < 1.29 is 56.0 Å². The van der Waals surface area contributed by atoms with Crippen LogP contribution in [0.5, 0.6) is 0 Å². The number of amides is 4. The molecule has 2 heterocycles. The number of rotatable bonds is 22. The molecule has 49 heavy (non-hydrogen) atoms. The quantitative estimate of drug-likeness (QED) is 0.0396. The molecule has 0 aliphatic heterocycles. The minimum atomic E-state index is -1.38. The van der Waals surface area contributed by atoms with Crippen LogP contribution in [0.1, 0.15) is 49.9 Å². The fourth-order valence-corrected chi connectivity index (χ4v) is 4.19. The number of carbonyl (C=O) groups excluding carboxylic acids is 6. The normalized spacial score (nSPS) is 12.8. The molecule has 14 N–H and O–H groups in total. The summed E-state index contributed by atoms with van der Waals surface area (Å²) in [5.41, 5.74) is 22.4. The van der Waals surface area contributed by atoms with Crippen LogP contribution in [-0.4, -0.2) is 106 Å². The van der Waals surface area contributed by atoms with Gasteiger partial charge >= 0.3 is 17.1 Å². The van der Waals surface area contributed by atoms with Crippen molar-refractivity contribution in [1.82, 2.24) is 41.2 Å². The van der Waals surface area contributed by atoms with Crippen molar-refractivity contribution in [2.24, 2.45) is 22.9 Å². The maximum atomic E-state index is 12.4. The molecule has 20 nitrogen and oxygen atoms in total. The summed E-state index contributed by atoms with van der Waals surface area (Å²) in [6.45, 7) is 0.297. The molecule has 0 unspecified atom stereocenters. The Morgan fingerprint density at radius 2 is 0.980 bits per heavy atom. The smallest absolute Gasteiger partial charge is 0.548 e. The van der Waals surface area contributed by atoms with Gasteiger partial charge in [-0.2, -0.15) is 0 Å². The van der Waals surface area contributed by atoms with Crippen LogP contribution in [0.2, 0.25) is 0 Å². The standard InChI is InChI=1S/2C14H24N6O4.Cu/c2*15-4-2-1-3-10(14(23)24)20-13(22)11(19-12(21)6-16)5-9-7-17-8-18-9;/h2*7-8,10-11H,1-6,15-16H2,(H,17,18)(H,19,21)(H,20,22)(H,23,24);/q;;+2/p-2/t2*10-,11+;/m00./s1. The van der Waals surface area contributed by atoms with Crippen LogP contribution < -0.4 is 54.4 Å². The average Bonchev–Trinajstić information content (AvgIpc) is 3.78. The van der Waals surface area contributed by atoms with Crippen molar-refractivity contribution in [3.63, 3.8) is 0 Å². The molecule has 2 rings (SSSR count). The molecule has 1 radical (unpaired) electrons. The second-order valence-corrected chi connectivity index (χ2v) is 10.5. The van der Waals surface area contributed by atoms with Crippen molar-refractivity contribution in [3.8, 4) is 0 Å². The van der Waals surface area contributed by atoms with Crippen LogP contribution in [0.3, 0.4) is 0 Å². The molecule has 21 heteroatoms. The van der Waals surface area contributed by atoms with Gasteiger partial charge in [-0.15, -0.1) is 0 Å². The van der Waals surface area contributed by atoms with Crippen LogP contribution in [-0.2, 0) is 58.7 Å². The number of hydrogen-bond donors (Lipinski definition) is 10. The first-order chi connectivity index (χ1) is 22.9. The molecule has 0 spiro atoms. The SMILES string of the molecule is NCCCC[C@H](NC(=O)[C@@H](Cc1cnc[nH]1)NC(=O)CN)C(=O)[O-].NCCCC[C@H](NC(=O)[C@@H](Cc1cnc[nH]1)NC(=O)CN)C(=O)[O-].[Cu+2]. The molecule has 0 fully saturated rings. The van der Waals surface area contributed by atoms with Gasteiger partial charge in [0.15, 0.2) is 0 Å². The summed E-state index contributed by atoms with van der Waals surface area (Å²) in [7, 11) is 0. The summed E-state index contributed by atoms with van der Waals surface area (Å²) in [6.07, 6.45) is 8.89. The van der Waals surface area contributed by atoms with Crippen LogP contribution in [0.15, 0.2) is 25.0 Å². The third kappa shape index (κ3) is 18.7. The largest absolute Gasteiger partial charge is 2.00 e. The van der Waals surface area contributed by atoms with Crippen LogP contribution >= 0.6 is 0 Å². The third-order valence-electron chi connectivity index (χ3n) is 6.73. The first kappa shape index (κ1) is 44.6. The van der Waals surface area contributed by atoms with E-state index in [-0.39, 0.29) is 55.8 Å². The van der Waals surface area contributed by atoms with E-state index in [2.05, 4.69) is 41.2 Å². The molecule has 0 saturated carbocycles. The van der Waals surface area contributed by atoms with Crippen molar-refractivity contribution in [1.29, 1.82) is 0 Å². The number of H-pyrrole nitrogens is 2. The molecule has 277 valence electrons. The van der Waals surface area contributed by atoms with Crippen LogP contribution in [0, 0.1) is 0 Å². The number of carbonyl (C=O) groups is 6. The Bertz CT molecular complexity index is 1170. The predicted octanol–water partition coefficient (Wildman–Crippen LogP) is -6.48. The number of hydrogen-bond acceptors (Lipinski definition) is 14. The van der Waals surface area contributed by atoms with Crippen molar-refractivity contribution in [2.75, 3.05) is 26.2 Å². The maximum absolute atomic E-state index is 12.4. The molecule has 0 aliphatic carbocycles. The molecule has 0 saturated heterocycles. The van der Waals surface area contributed by atoms with E-state index < -0.39 is 59.7 Å². The van der Waals surface area contributed by atoms with Gasteiger partial charge in [-0.1, -0.05) is 0 Å². The van der Waals surface area contributed by atoms with E-state index >= 15 is 0 Å². The van der Waals surface area contributed by atoms with Gasteiger partial charge in [0, 0.05) is 36.6 Å². The first-order valence-electron chi connectivity index (χ1n) is 15.3. The van der Waals surface area contributed by atoms with Gasteiger partial charge in [0.1, 0.15) is 12.1 Å². The average molecular weight is 742 g/mol. The zero-order valence-corrected chi connectivity index (χ0v) is 27.8. The van der Waals surface area contributed by atoms with Gasteiger partial charge in [0.2, 0.25) is 23.6 Å². The summed E-state index contributed by atoms with van der Waals surface area (Å²) in [5.74, 6) is -5.08. The van der Waals surface area contributed by atoms with Gasteiger partial charge in [0.05, 0.1) is 49.8 Å². The Hall–Kier alpha value is -4.40. The Morgan fingerprint density at radius 3 is 1.24 bits per heavy atom. The minimum Gasteiger partial charge on any atom is -0.548 e. The summed E-state index contributed by atoms with van der Waals surface area (Å²) >= 11 is 0. The number of aliphatic carboxylic acids is 2. The summed E-state index contributed by atoms with van der Waals surface area (Å²) in [4.78, 5) is 83.3. The van der Waals surface area contributed by atoms with E-state index in [4.69, 9.17) is 22.9 Å². The first-order valence-corrected chi connectivity index (χ1v) is 15.3. The number of carboxylic acids is 2. The Morgan fingerprint density at radius 1 is 0.612 bits per heavy atom. The minimum absolute atomic E-state index is 0. The molecule has 4 atom stereocenters. The molecule has 0 bridgehead atoms. The van der Waals surface area contributed by atoms with E-state index in [0.717, 1.165) is 0 Å². The van der Waals surface area contributed by atoms with Gasteiger partial charge in [-0.3, -0.25) is 19.2 Å². The summed E-state index contributed by atoms with van der Waals surface area (Å²) in [5, 5.41) is 32.0. The van der Waals surface area contributed by atoms with Crippen molar-refractivity contribution in [3.05, 3.63) is 36.4 Å². The van der Waals surface area contributed by atoms with Gasteiger partial charge < -0.3 is 74.0 Å². The molecule has 2 aromatic heterocycles. The van der Waals surface area contributed by atoms with Crippen LogP contribution in [0.4, 0.5) is 0 Å². The number of aromatic amines is 2.